The molecule has 2 rings (SSSR count). The Balaban J connectivity index is 2.21. The number of aliphatic hydroxyl groups excluding tert-OH is 1. The number of ether oxygens (including phenoxy) is 1. The second-order valence-electron chi connectivity index (χ2n) is 3.60. The van der Waals surface area contributed by atoms with Crippen LogP contribution in [-0.4, -0.2) is 30.5 Å². The van der Waals surface area contributed by atoms with Crippen LogP contribution in [0.2, 0.25) is 0 Å². The molecule has 1 fully saturated rings. The van der Waals surface area contributed by atoms with Crippen LogP contribution in [-0.2, 0) is 4.74 Å². The summed E-state index contributed by atoms with van der Waals surface area (Å²) in [5.74, 6) is -1.41. The van der Waals surface area contributed by atoms with Crippen LogP contribution >= 0.6 is 15.9 Å². The van der Waals surface area contributed by atoms with Crippen LogP contribution in [0.4, 0.5) is 14.5 Å². The molecule has 0 amide bonds. The summed E-state index contributed by atoms with van der Waals surface area (Å²) < 4.78 is 32.2. The normalized spacial score (nSPS) is 24.8. The van der Waals surface area contributed by atoms with Crippen molar-refractivity contribution in [3.05, 3.63) is 28.2 Å². The lowest BCUT2D eigenvalue weighted by atomic mass is 10.2. The molecule has 3 nitrogen and oxygen atoms in total. The molecule has 2 atom stereocenters. The van der Waals surface area contributed by atoms with Crippen molar-refractivity contribution in [1.82, 2.24) is 0 Å². The highest BCUT2D eigenvalue weighted by Gasteiger charge is 2.27. The molecule has 2 N–H and O–H groups in total. The third-order valence-electron chi connectivity index (χ3n) is 2.39. The van der Waals surface area contributed by atoms with Gasteiger partial charge in [0.2, 0.25) is 0 Å². The molecule has 1 aromatic rings. The monoisotopic (exact) mass is 293 g/mol. The largest absolute Gasteiger partial charge is 0.388 e. The first kappa shape index (κ1) is 11.8. The summed E-state index contributed by atoms with van der Waals surface area (Å²) >= 11 is 2.99. The SMILES string of the molecule is OC1COCC1Nc1c(F)cc(Br)cc1F. The second-order valence-corrected chi connectivity index (χ2v) is 4.52. The van der Waals surface area contributed by atoms with Crippen LogP contribution in [0.1, 0.15) is 0 Å². The minimum atomic E-state index is -0.748. The molecule has 0 radical (unpaired) electrons. The maximum atomic E-state index is 13.4. The van der Waals surface area contributed by atoms with E-state index in [-0.39, 0.29) is 18.9 Å². The number of nitrogens with one attached hydrogen (secondary N) is 1. The van der Waals surface area contributed by atoms with Crippen molar-refractivity contribution in [3.8, 4) is 0 Å². The summed E-state index contributed by atoms with van der Waals surface area (Å²) in [6.07, 6.45) is -0.748. The first-order valence-electron chi connectivity index (χ1n) is 4.75. The van der Waals surface area contributed by atoms with E-state index in [1.165, 1.54) is 0 Å². The summed E-state index contributed by atoms with van der Waals surface area (Å²) in [6.45, 7) is 0.410. The Hall–Kier alpha value is -0.720. The predicted molar refractivity (Wildman–Crippen MR) is 58.3 cm³/mol. The molecule has 0 spiro atoms. The molecule has 1 aliphatic heterocycles. The van der Waals surface area contributed by atoms with Crippen LogP contribution < -0.4 is 5.32 Å². The molecular weight excluding hydrogens is 284 g/mol. The van der Waals surface area contributed by atoms with Gasteiger partial charge in [0.05, 0.1) is 25.4 Å². The number of aliphatic hydroxyl groups is 1. The van der Waals surface area contributed by atoms with Crippen molar-refractivity contribution < 1.29 is 18.6 Å². The molecule has 2 unspecified atom stereocenters. The fraction of sp³-hybridized carbons (Fsp3) is 0.400. The maximum absolute atomic E-state index is 13.4. The fourth-order valence-electron chi connectivity index (χ4n) is 1.55. The van der Waals surface area contributed by atoms with Crippen molar-refractivity contribution in [2.45, 2.75) is 12.1 Å². The average molecular weight is 294 g/mol. The lowest BCUT2D eigenvalue weighted by Gasteiger charge is -2.17. The van der Waals surface area contributed by atoms with Crippen LogP contribution in [0.25, 0.3) is 0 Å². The molecule has 0 bridgehead atoms. The molecule has 0 saturated carbocycles. The van der Waals surface area contributed by atoms with E-state index in [2.05, 4.69) is 21.2 Å². The first-order chi connectivity index (χ1) is 7.58. The van der Waals surface area contributed by atoms with Gasteiger partial charge in [-0.25, -0.2) is 8.78 Å². The predicted octanol–water partition coefficient (Wildman–Crippen LogP) is 1.90. The van der Waals surface area contributed by atoms with E-state index in [0.29, 0.717) is 4.47 Å². The van der Waals surface area contributed by atoms with Crippen molar-refractivity contribution in [1.29, 1.82) is 0 Å². The summed E-state index contributed by atoms with van der Waals surface area (Å²) in [7, 11) is 0. The van der Waals surface area contributed by atoms with Gasteiger partial charge >= 0.3 is 0 Å². The van der Waals surface area contributed by atoms with Gasteiger partial charge in [-0.2, -0.15) is 0 Å². The quantitative estimate of drug-likeness (QED) is 0.875. The van der Waals surface area contributed by atoms with Crippen molar-refractivity contribution in [2.24, 2.45) is 0 Å². The number of anilines is 1. The van der Waals surface area contributed by atoms with Gasteiger partial charge in [0.1, 0.15) is 17.3 Å². The Labute approximate surface area is 99.5 Å². The minimum absolute atomic E-state index is 0.178. The van der Waals surface area contributed by atoms with Crippen molar-refractivity contribution in [3.63, 3.8) is 0 Å². The standard InChI is InChI=1S/C10H10BrF2NO2/c11-5-1-6(12)10(7(13)2-5)14-8-3-16-4-9(8)15/h1-2,8-9,14-15H,3-4H2. The van der Waals surface area contributed by atoms with Crippen molar-refractivity contribution >= 4 is 21.6 Å². The van der Waals surface area contributed by atoms with E-state index in [1.807, 2.05) is 0 Å². The van der Waals surface area contributed by atoms with E-state index < -0.39 is 23.8 Å². The van der Waals surface area contributed by atoms with E-state index in [4.69, 9.17) is 4.74 Å². The van der Waals surface area contributed by atoms with Crippen LogP contribution in [0.15, 0.2) is 16.6 Å². The topological polar surface area (TPSA) is 41.5 Å². The maximum Gasteiger partial charge on any atom is 0.150 e. The molecule has 1 aliphatic rings. The highest BCUT2D eigenvalue weighted by Crippen LogP contribution is 2.25. The molecule has 16 heavy (non-hydrogen) atoms. The number of hydrogen-bond acceptors (Lipinski definition) is 3. The molecule has 0 aromatic heterocycles. The molecule has 88 valence electrons. The summed E-state index contributed by atoms with van der Waals surface area (Å²) in [5, 5.41) is 12.1. The van der Waals surface area contributed by atoms with Gasteiger partial charge in [0, 0.05) is 4.47 Å². The third-order valence-corrected chi connectivity index (χ3v) is 2.84. The Kier molecular flexibility index (Phi) is 3.41. The lowest BCUT2D eigenvalue weighted by molar-refractivity contribution is 0.125. The molecule has 1 heterocycles. The number of benzene rings is 1. The van der Waals surface area contributed by atoms with Gasteiger partial charge in [-0.3, -0.25) is 0 Å². The Bertz CT molecular complexity index is 379. The van der Waals surface area contributed by atoms with Gasteiger partial charge < -0.3 is 15.2 Å². The van der Waals surface area contributed by atoms with E-state index in [9.17, 15) is 13.9 Å². The van der Waals surface area contributed by atoms with E-state index >= 15 is 0 Å². The van der Waals surface area contributed by atoms with Crippen LogP contribution in [0, 0.1) is 11.6 Å². The highest BCUT2D eigenvalue weighted by molar-refractivity contribution is 9.10. The molecule has 0 aliphatic carbocycles. The molecule has 6 heteroatoms. The third kappa shape index (κ3) is 2.34. The first-order valence-corrected chi connectivity index (χ1v) is 5.54. The molecular formula is C10H10BrF2NO2. The fourth-order valence-corrected chi connectivity index (χ4v) is 1.95. The lowest BCUT2D eigenvalue weighted by Crippen LogP contribution is -2.32. The van der Waals surface area contributed by atoms with Gasteiger partial charge in [-0.05, 0) is 12.1 Å². The summed E-state index contributed by atoms with van der Waals surface area (Å²) in [6, 6.07) is 1.84. The van der Waals surface area contributed by atoms with E-state index in [1.54, 1.807) is 0 Å². The van der Waals surface area contributed by atoms with Crippen LogP contribution in [0.3, 0.4) is 0 Å². The highest BCUT2D eigenvalue weighted by atomic mass is 79.9. The number of halogens is 3. The van der Waals surface area contributed by atoms with Crippen LogP contribution in [0.5, 0.6) is 0 Å². The van der Waals surface area contributed by atoms with Gasteiger partial charge in [-0.1, -0.05) is 15.9 Å². The number of rotatable bonds is 2. The Morgan fingerprint density at radius 3 is 2.44 bits per heavy atom. The minimum Gasteiger partial charge on any atom is -0.388 e. The van der Waals surface area contributed by atoms with Gasteiger partial charge in [0.25, 0.3) is 0 Å². The van der Waals surface area contributed by atoms with Crippen molar-refractivity contribution in [2.75, 3.05) is 18.5 Å². The Morgan fingerprint density at radius 2 is 1.94 bits per heavy atom. The summed E-state index contributed by atoms with van der Waals surface area (Å²) in [4.78, 5) is 0. The zero-order valence-electron chi connectivity index (χ0n) is 8.21. The number of hydrogen-bond donors (Lipinski definition) is 2. The zero-order valence-corrected chi connectivity index (χ0v) is 9.80. The summed E-state index contributed by atoms with van der Waals surface area (Å²) in [5.41, 5.74) is -0.238. The molecule has 1 aromatic carbocycles. The second kappa shape index (κ2) is 4.65. The van der Waals surface area contributed by atoms with E-state index in [0.717, 1.165) is 12.1 Å². The average Bonchev–Trinajstić information content (AvgIpc) is 2.57. The Morgan fingerprint density at radius 1 is 1.31 bits per heavy atom. The van der Waals surface area contributed by atoms with Gasteiger partial charge in [-0.15, -0.1) is 0 Å². The molecule has 1 saturated heterocycles. The zero-order chi connectivity index (χ0) is 11.7. The smallest absolute Gasteiger partial charge is 0.150 e. The van der Waals surface area contributed by atoms with Gasteiger partial charge in [0.15, 0.2) is 0 Å².